The number of pyridine rings is 1. The minimum Gasteiger partial charge on any atom is -0.318 e. The van der Waals surface area contributed by atoms with Gasteiger partial charge in [-0.3, -0.25) is 14.4 Å². The van der Waals surface area contributed by atoms with Crippen LogP contribution >= 0.6 is 0 Å². The second-order valence-corrected chi connectivity index (χ2v) is 8.33. The van der Waals surface area contributed by atoms with Crippen LogP contribution < -0.4 is 5.56 Å². The lowest BCUT2D eigenvalue weighted by molar-refractivity contribution is 0.201. The van der Waals surface area contributed by atoms with Gasteiger partial charge in [-0.1, -0.05) is 30.3 Å². The molecular weight excluding hydrogens is 388 g/mol. The molecule has 29 heavy (non-hydrogen) atoms. The SMILES string of the molecule is Cn1cc(-c2cnn(C3CCN(CS(=O)O)CC3)c2)c(-c2ccccc2)cc1=O. The number of nitrogens with zero attached hydrogens (tertiary/aromatic N) is 4. The van der Waals surface area contributed by atoms with E-state index in [4.69, 9.17) is 4.55 Å². The van der Waals surface area contributed by atoms with Gasteiger partial charge in [-0.2, -0.15) is 5.10 Å². The normalized spacial score (nSPS) is 16.8. The standard InChI is InChI=1S/C21H24N4O3S/c1-23-14-20(19(11-21(23)26)16-5-3-2-4-6-16)17-12-22-25(13-17)18-7-9-24(10-8-18)15-29(27)28/h2-6,11-14,18H,7-10,15H2,1H3,(H,27,28). The highest BCUT2D eigenvalue weighted by Gasteiger charge is 2.22. The Morgan fingerprint density at radius 2 is 1.83 bits per heavy atom. The molecule has 1 N–H and O–H groups in total. The second-order valence-electron chi connectivity index (χ2n) is 7.42. The molecule has 0 saturated carbocycles. The molecule has 1 aliphatic rings. The Morgan fingerprint density at radius 1 is 1.10 bits per heavy atom. The minimum atomic E-state index is -1.79. The van der Waals surface area contributed by atoms with E-state index in [1.165, 1.54) is 0 Å². The molecule has 3 heterocycles. The number of benzene rings is 1. The minimum absolute atomic E-state index is 0.0476. The van der Waals surface area contributed by atoms with E-state index >= 15 is 0 Å². The van der Waals surface area contributed by atoms with E-state index in [9.17, 15) is 9.00 Å². The van der Waals surface area contributed by atoms with Gasteiger partial charge in [-0.15, -0.1) is 0 Å². The van der Waals surface area contributed by atoms with Crippen molar-refractivity contribution in [3.8, 4) is 22.3 Å². The van der Waals surface area contributed by atoms with E-state index in [1.54, 1.807) is 17.7 Å². The van der Waals surface area contributed by atoms with Crippen LogP contribution in [-0.4, -0.2) is 47.0 Å². The zero-order chi connectivity index (χ0) is 20.4. The average molecular weight is 413 g/mol. The summed E-state index contributed by atoms with van der Waals surface area (Å²) in [6.45, 7) is 1.56. The van der Waals surface area contributed by atoms with Gasteiger partial charge in [0.15, 0.2) is 11.1 Å². The molecule has 1 aliphatic heterocycles. The van der Waals surface area contributed by atoms with E-state index in [0.29, 0.717) is 0 Å². The Bertz CT molecular complexity index is 1070. The Balaban J connectivity index is 1.61. The van der Waals surface area contributed by atoms with Gasteiger partial charge in [0.1, 0.15) is 5.88 Å². The highest BCUT2D eigenvalue weighted by Crippen LogP contribution is 2.32. The van der Waals surface area contributed by atoms with Crippen molar-refractivity contribution in [1.82, 2.24) is 19.2 Å². The molecule has 0 aliphatic carbocycles. The molecular formula is C21H24N4O3S. The van der Waals surface area contributed by atoms with Crippen LogP contribution in [0.5, 0.6) is 0 Å². The lowest BCUT2D eigenvalue weighted by Gasteiger charge is -2.30. The number of hydrogen-bond acceptors (Lipinski definition) is 4. The maximum absolute atomic E-state index is 12.3. The van der Waals surface area contributed by atoms with Gasteiger partial charge in [0.05, 0.1) is 12.2 Å². The van der Waals surface area contributed by atoms with Crippen molar-refractivity contribution in [3.05, 3.63) is 65.3 Å². The van der Waals surface area contributed by atoms with Gasteiger partial charge in [-0.05, 0) is 24.0 Å². The first-order valence-electron chi connectivity index (χ1n) is 9.61. The lowest BCUT2D eigenvalue weighted by Crippen LogP contribution is -2.36. The van der Waals surface area contributed by atoms with E-state index < -0.39 is 11.1 Å². The summed E-state index contributed by atoms with van der Waals surface area (Å²) >= 11 is -1.79. The van der Waals surface area contributed by atoms with Crippen LogP contribution in [0.4, 0.5) is 0 Å². The fourth-order valence-electron chi connectivity index (χ4n) is 3.86. The predicted octanol–water partition coefficient (Wildman–Crippen LogP) is 2.73. The molecule has 3 aromatic rings. The summed E-state index contributed by atoms with van der Waals surface area (Å²) in [7, 11) is 1.76. The number of likely N-dealkylation sites (tertiary alicyclic amines) is 1. The van der Waals surface area contributed by atoms with Crippen LogP contribution in [0.25, 0.3) is 22.3 Å². The smallest absolute Gasteiger partial charge is 0.250 e. The Labute approximate surface area is 171 Å². The highest BCUT2D eigenvalue weighted by atomic mass is 32.2. The van der Waals surface area contributed by atoms with Gasteiger partial charge in [0.2, 0.25) is 0 Å². The number of piperidine rings is 1. The fraction of sp³-hybridized carbons (Fsp3) is 0.333. The molecule has 0 spiro atoms. The van der Waals surface area contributed by atoms with Crippen molar-refractivity contribution in [1.29, 1.82) is 0 Å². The molecule has 0 bridgehead atoms. The summed E-state index contributed by atoms with van der Waals surface area (Å²) in [5, 5.41) is 4.59. The maximum atomic E-state index is 12.3. The molecule has 1 fully saturated rings. The molecule has 0 amide bonds. The first kappa shape index (κ1) is 19.8. The number of hydrogen-bond donors (Lipinski definition) is 1. The van der Waals surface area contributed by atoms with Crippen molar-refractivity contribution < 1.29 is 8.76 Å². The van der Waals surface area contributed by atoms with E-state index in [2.05, 4.69) is 5.10 Å². The summed E-state index contributed by atoms with van der Waals surface area (Å²) in [5.41, 5.74) is 3.79. The van der Waals surface area contributed by atoms with Crippen molar-refractivity contribution >= 4 is 11.1 Å². The summed E-state index contributed by atoms with van der Waals surface area (Å²) in [4.78, 5) is 14.3. The van der Waals surface area contributed by atoms with Crippen LogP contribution in [0.2, 0.25) is 0 Å². The number of aryl methyl sites for hydroxylation is 1. The lowest BCUT2D eigenvalue weighted by atomic mass is 9.98. The molecule has 7 nitrogen and oxygen atoms in total. The molecule has 1 unspecified atom stereocenters. The van der Waals surface area contributed by atoms with Gasteiger partial charge < -0.3 is 9.12 Å². The van der Waals surface area contributed by atoms with Crippen molar-refractivity contribution in [2.24, 2.45) is 7.05 Å². The van der Waals surface area contributed by atoms with Crippen molar-refractivity contribution in [2.45, 2.75) is 18.9 Å². The molecule has 4 rings (SSSR count). The molecule has 152 valence electrons. The molecule has 0 radical (unpaired) electrons. The molecule has 1 aromatic carbocycles. The average Bonchev–Trinajstić information content (AvgIpc) is 3.20. The monoisotopic (exact) mass is 412 g/mol. The summed E-state index contributed by atoms with van der Waals surface area (Å²) in [6.07, 6.45) is 7.53. The van der Waals surface area contributed by atoms with Crippen LogP contribution in [0.15, 0.2) is 59.8 Å². The third kappa shape index (κ3) is 4.39. The van der Waals surface area contributed by atoms with Crippen LogP contribution in [-0.2, 0) is 18.1 Å². The summed E-state index contributed by atoms with van der Waals surface area (Å²) in [6, 6.07) is 11.8. The third-order valence-electron chi connectivity index (χ3n) is 5.45. The number of rotatable bonds is 5. The van der Waals surface area contributed by atoms with Crippen LogP contribution in [0.1, 0.15) is 18.9 Å². The fourth-order valence-corrected chi connectivity index (χ4v) is 4.43. The highest BCUT2D eigenvalue weighted by molar-refractivity contribution is 7.79. The van der Waals surface area contributed by atoms with Gasteiger partial charge in [0.25, 0.3) is 5.56 Å². The first-order chi connectivity index (χ1) is 14.0. The molecule has 2 aromatic heterocycles. The molecule has 1 atom stereocenters. The molecule has 1 saturated heterocycles. The van der Waals surface area contributed by atoms with Crippen molar-refractivity contribution in [2.75, 3.05) is 19.0 Å². The largest absolute Gasteiger partial charge is 0.318 e. The van der Waals surface area contributed by atoms with E-state index in [-0.39, 0.29) is 17.5 Å². The number of aromatic nitrogens is 3. The predicted molar refractivity (Wildman–Crippen MR) is 114 cm³/mol. The van der Waals surface area contributed by atoms with Gasteiger partial charge in [0, 0.05) is 49.7 Å². The first-order valence-corrected chi connectivity index (χ1v) is 10.9. The third-order valence-corrected chi connectivity index (χ3v) is 6.04. The Morgan fingerprint density at radius 3 is 2.52 bits per heavy atom. The quantitative estimate of drug-likeness (QED) is 0.652. The molecule has 8 heteroatoms. The van der Waals surface area contributed by atoms with Crippen molar-refractivity contribution in [3.63, 3.8) is 0 Å². The zero-order valence-electron chi connectivity index (χ0n) is 16.3. The van der Waals surface area contributed by atoms with E-state index in [1.807, 2.05) is 58.5 Å². The van der Waals surface area contributed by atoms with E-state index in [0.717, 1.165) is 48.2 Å². The van der Waals surface area contributed by atoms with Crippen LogP contribution in [0.3, 0.4) is 0 Å². The Kier molecular flexibility index (Phi) is 5.75. The maximum Gasteiger partial charge on any atom is 0.250 e. The topological polar surface area (TPSA) is 80.4 Å². The van der Waals surface area contributed by atoms with Gasteiger partial charge >= 0.3 is 0 Å². The van der Waals surface area contributed by atoms with Crippen LogP contribution in [0, 0.1) is 0 Å². The van der Waals surface area contributed by atoms with Gasteiger partial charge in [-0.25, -0.2) is 4.21 Å². The summed E-state index contributed by atoms with van der Waals surface area (Å²) in [5.74, 6) is 0.204. The zero-order valence-corrected chi connectivity index (χ0v) is 17.1. The second kappa shape index (κ2) is 8.44. The Hall–Kier alpha value is -2.55. The summed E-state index contributed by atoms with van der Waals surface area (Å²) < 4.78 is 23.7.